The van der Waals surface area contributed by atoms with E-state index in [9.17, 15) is 18.8 Å². The Morgan fingerprint density at radius 2 is 1.79 bits per heavy atom. The fourth-order valence-corrected chi connectivity index (χ4v) is 4.68. The van der Waals surface area contributed by atoms with E-state index in [0.717, 1.165) is 31.6 Å². The highest BCUT2D eigenvalue weighted by molar-refractivity contribution is 5.97. The molecule has 188 valence electrons. The molecule has 3 rings (SSSR count). The number of amides is 1. The quantitative estimate of drug-likeness (QED) is 0.456. The predicted octanol–water partition coefficient (Wildman–Crippen LogP) is 4.60. The van der Waals surface area contributed by atoms with Gasteiger partial charge in [0, 0.05) is 18.0 Å². The maximum atomic E-state index is 14.8. The zero-order chi connectivity index (χ0) is 25.1. The highest BCUT2D eigenvalue weighted by atomic mass is 19.1. The number of halogens is 1. The van der Waals surface area contributed by atoms with Crippen molar-refractivity contribution < 1.29 is 33.0 Å². The van der Waals surface area contributed by atoms with Gasteiger partial charge in [0.15, 0.2) is 11.6 Å². The molecule has 34 heavy (non-hydrogen) atoms. The summed E-state index contributed by atoms with van der Waals surface area (Å²) in [6, 6.07) is 2.26. The Balaban J connectivity index is 1.69. The van der Waals surface area contributed by atoms with E-state index in [2.05, 4.69) is 5.32 Å². The normalized spacial score (nSPS) is 27.1. The molecule has 0 bridgehead atoms. The van der Waals surface area contributed by atoms with Crippen molar-refractivity contribution in [1.82, 2.24) is 5.32 Å². The number of nitrogens with one attached hydrogen (secondary N) is 1. The first-order valence-corrected chi connectivity index (χ1v) is 12.0. The van der Waals surface area contributed by atoms with Gasteiger partial charge in [-0.3, -0.25) is 9.59 Å². The maximum Gasteiger partial charge on any atom is 0.312 e. The minimum atomic E-state index is -0.625. The summed E-state index contributed by atoms with van der Waals surface area (Å²) in [6.45, 7) is 7.42. The number of benzene rings is 1. The highest BCUT2D eigenvalue weighted by Gasteiger charge is 2.41. The molecule has 2 atom stereocenters. The number of hydrogen-bond acceptors (Lipinski definition) is 6. The lowest BCUT2D eigenvalue weighted by Gasteiger charge is -2.37. The summed E-state index contributed by atoms with van der Waals surface area (Å²) >= 11 is 0. The summed E-state index contributed by atoms with van der Waals surface area (Å²) in [4.78, 5) is 36.8. The van der Waals surface area contributed by atoms with E-state index in [-0.39, 0.29) is 41.1 Å². The van der Waals surface area contributed by atoms with Crippen LogP contribution in [0.4, 0.5) is 4.39 Å². The molecule has 0 heterocycles. The summed E-state index contributed by atoms with van der Waals surface area (Å²) in [5.41, 5.74) is -1.00. The second-order valence-electron chi connectivity index (χ2n) is 10.7. The summed E-state index contributed by atoms with van der Waals surface area (Å²) in [6.07, 6.45) is 5.17. The smallest absolute Gasteiger partial charge is 0.312 e. The van der Waals surface area contributed by atoms with Crippen molar-refractivity contribution in [2.75, 3.05) is 7.11 Å². The molecule has 1 N–H and O–H groups in total. The Labute approximate surface area is 200 Å². The van der Waals surface area contributed by atoms with Gasteiger partial charge in [-0.25, -0.2) is 4.39 Å². The standard InChI is InChI=1S/C26H36FNO6/c1-25(2,3)34-24(31)26(4)11-9-17(10-12-26)33-22-13-18(21(32-5)14-19(22)27)23(30)28-20-8-6-7-16(20)15-29/h13-17,20H,6-12H2,1-5H3,(H,28,30)/t16-,17?,20-,26?/m1/s1. The van der Waals surface area contributed by atoms with Gasteiger partial charge in [0.1, 0.15) is 17.6 Å². The lowest BCUT2D eigenvalue weighted by atomic mass is 9.74. The summed E-state index contributed by atoms with van der Waals surface area (Å²) in [7, 11) is 1.37. The average Bonchev–Trinajstić information content (AvgIpc) is 3.22. The first-order valence-electron chi connectivity index (χ1n) is 12.0. The van der Waals surface area contributed by atoms with Crippen LogP contribution in [0.1, 0.15) is 83.0 Å². The Morgan fingerprint density at radius 3 is 2.38 bits per heavy atom. The van der Waals surface area contributed by atoms with Crippen LogP contribution in [-0.2, 0) is 14.3 Å². The SMILES string of the molecule is COc1cc(F)c(OC2CCC(C)(C(=O)OC(C)(C)C)CC2)cc1C(=O)N[C@@H]1CCC[C@@H]1C=O. The second-order valence-corrected chi connectivity index (χ2v) is 10.7. The predicted molar refractivity (Wildman–Crippen MR) is 124 cm³/mol. The van der Waals surface area contributed by atoms with E-state index < -0.39 is 22.7 Å². The van der Waals surface area contributed by atoms with E-state index in [1.807, 2.05) is 27.7 Å². The molecule has 2 aliphatic rings. The lowest BCUT2D eigenvalue weighted by Crippen LogP contribution is -2.40. The van der Waals surface area contributed by atoms with Crippen molar-refractivity contribution in [3.05, 3.63) is 23.5 Å². The molecule has 1 aromatic rings. The van der Waals surface area contributed by atoms with Crippen LogP contribution in [0.2, 0.25) is 0 Å². The van der Waals surface area contributed by atoms with Gasteiger partial charge >= 0.3 is 5.97 Å². The number of hydrogen-bond donors (Lipinski definition) is 1. The minimum absolute atomic E-state index is 0.0322. The van der Waals surface area contributed by atoms with Gasteiger partial charge in [-0.15, -0.1) is 0 Å². The molecule has 0 saturated heterocycles. The van der Waals surface area contributed by atoms with Gasteiger partial charge in [0.25, 0.3) is 5.91 Å². The Morgan fingerprint density at radius 1 is 1.12 bits per heavy atom. The topological polar surface area (TPSA) is 90.9 Å². The number of methoxy groups -OCH3 is 1. The van der Waals surface area contributed by atoms with Crippen LogP contribution in [0.3, 0.4) is 0 Å². The molecule has 0 spiro atoms. The molecule has 0 aliphatic heterocycles. The van der Waals surface area contributed by atoms with Crippen molar-refractivity contribution >= 4 is 18.2 Å². The molecule has 0 aromatic heterocycles. The molecule has 8 heteroatoms. The number of ether oxygens (including phenoxy) is 3. The Hall–Kier alpha value is -2.64. The first-order chi connectivity index (χ1) is 16.0. The largest absolute Gasteiger partial charge is 0.496 e. The van der Waals surface area contributed by atoms with Crippen LogP contribution in [0.25, 0.3) is 0 Å². The molecule has 2 saturated carbocycles. The van der Waals surface area contributed by atoms with Crippen LogP contribution in [0, 0.1) is 17.2 Å². The van der Waals surface area contributed by atoms with Crippen LogP contribution >= 0.6 is 0 Å². The molecular weight excluding hydrogens is 441 g/mol. The van der Waals surface area contributed by atoms with Crippen molar-refractivity contribution in [3.8, 4) is 11.5 Å². The molecule has 0 unspecified atom stereocenters. The number of carbonyl (C=O) groups is 3. The van der Waals surface area contributed by atoms with Crippen LogP contribution < -0.4 is 14.8 Å². The third kappa shape index (κ3) is 6.07. The van der Waals surface area contributed by atoms with Gasteiger partial charge < -0.3 is 24.3 Å². The molecular formula is C26H36FNO6. The fourth-order valence-electron chi connectivity index (χ4n) is 4.68. The molecule has 1 aromatic carbocycles. The molecule has 1 amide bonds. The second kappa shape index (κ2) is 10.3. The van der Waals surface area contributed by atoms with Crippen LogP contribution in [0.15, 0.2) is 12.1 Å². The summed E-state index contributed by atoms with van der Waals surface area (Å²) < 4.78 is 31.5. The van der Waals surface area contributed by atoms with Gasteiger partial charge in [-0.1, -0.05) is 6.42 Å². The summed E-state index contributed by atoms with van der Waals surface area (Å²) in [5.74, 6) is -1.43. The molecule has 2 aliphatic carbocycles. The first kappa shape index (κ1) is 26.0. The van der Waals surface area contributed by atoms with Crippen LogP contribution in [-0.4, -0.2) is 43.0 Å². The lowest BCUT2D eigenvalue weighted by molar-refractivity contribution is -0.169. The third-order valence-electron chi connectivity index (χ3n) is 6.78. The van der Waals surface area contributed by atoms with Crippen molar-refractivity contribution in [2.24, 2.45) is 11.3 Å². The van der Waals surface area contributed by atoms with E-state index in [4.69, 9.17) is 14.2 Å². The van der Waals surface area contributed by atoms with E-state index in [0.29, 0.717) is 25.7 Å². The zero-order valence-electron chi connectivity index (χ0n) is 20.7. The van der Waals surface area contributed by atoms with Crippen molar-refractivity contribution in [2.45, 2.75) is 90.4 Å². The average molecular weight is 478 g/mol. The van der Waals surface area contributed by atoms with Crippen molar-refractivity contribution in [3.63, 3.8) is 0 Å². The number of carbonyl (C=O) groups excluding carboxylic acids is 3. The van der Waals surface area contributed by atoms with Gasteiger partial charge in [0.2, 0.25) is 0 Å². The highest BCUT2D eigenvalue weighted by Crippen LogP contribution is 2.40. The maximum absolute atomic E-state index is 14.8. The van der Waals surface area contributed by atoms with Crippen molar-refractivity contribution in [1.29, 1.82) is 0 Å². The number of esters is 1. The minimum Gasteiger partial charge on any atom is -0.496 e. The van der Waals surface area contributed by atoms with Crippen LogP contribution in [0.5, 0.6) is 11.5 Å². The van der Waals surface area contributed by atoms with Gasteiger partial charge in [-0.2, -0.15) is 0 Å². The molecule has 2 fully saturated rings. The Kier molecular flexibility index (Phi) is 7.88. The summed E-state index contributed by atoms with van der Waals surface area (Å²) in [5, 5.41) is 2.88. The zero-order valence-corrected chi connectivity index (χ0v) is 20.7. The third-order valence-corrected chi connectivity index (χ3v) is 6.78. The van der Waals surface area contributed by atoms with Gasteiger partial charge in [-0.05, 0) is 72.3 Å². The Bertz CT molecular complexity index is 917. The number of aldehydes is 1. The molecule has 0 radical (unpaired) electrons. The fraction of sp³-hybridized carbons (Fsp3) is 0.654. The van der Waals surface area contributed by atoms with E-state index in [1.165, 1.54) is 13.2 Å². The monoisotopic (exact) mass is 477 g/mol. The molecule has 7 nitrogen and oxygen atoms in total. The van der Waals surface area contributed by atoms with E-state index >= 15 is 0 Å². The number of rotatable bonds is 7. The van der Waals surface area contributed by atoms with Gasteiger partial charge in [0.05, 0.1) is 24.2 Å². The van der Waals surface area contributed by atoms with E-state index in [1.54, 1.807) is 0 Å².